The van der Waals surface area contributed by atoms with Gasteiger partial charge in [-0.2, -0.15) is 0 Å². The second-order valence-corrected chi connectivity index (χ2v) is 4.01. The van der Waals surface area contributed by atoms with Crippen LogP contribution >= 0.6 is 0 Å². The van der Waals surface area contributed by atoms with Crippen LogP contribution in [0.4, 0.5) is 13.2 Å². The van der Waals surface area contributed by atoms with Crippen LogP contribution in [-0.2, 0) is 4.74 Å². The van der Waals surface area contributed by atoms with Gasteiger partial charge in [-0.25, -0.2) is 13.2 Å². The van der Waals surface area contributed by atoms with E-state index in [1.807, 2.05) is 0 Å². The molecule has 1 fully saturated rings. The summed E-state index contributed by atoms with van der Waals surface area (Å²) in [5.74, 6) is -3.21. The van der Waals surface area contributed by atoms with E-state index < -0.39 is 29.6 Å². The average Bonchev–Trinajstić information content (AvgIpc) is 2.28. The summed E-state index contributed by atoms with van der Waals surface area (Å²) in [4.78, 5) is 0. The molecule has 1 heterocycles. The minimum absolute atomic E-state index is 0.0720. The number of hydrogen-bond donors (Lipinski definition) is 1. The van der Waals surface area contributed by atoms with Gasteiger partial charge in [-0.3, -0.25) is 0 Å². The summed E-state index contributed by atoms with van der Waals surface area (Å²) >= 11 is 0. The van der Waals surface area contributed by atoms with E-state index in [0.717, 1.165) is 6.07 Å². The van der Waals surface area contributed by atoms with E-state index in [2.05, 4.69) is 6.58 Å². The average molecular weight is 243 g/mol. The third kappa shape index (κ3) is 2.21. The van der Waals surface area contributed by atoms with Gasteiger partial charge in [0.1, 0.15) is 11.9 Å². The summed E-state index contributed by atoms with van der Waals surface area (Å²) in [7, 11) is 0. The molecule has 0 saturated carbocycles. The topological polar surface area (TPSA) is 35.2 Å². The van der Waals surface area contributed by atoms with E-state index in [4.69, 9.17) is 10.5 Å². The van der Waals surface area contributed by atoms with Crippen LogP contribution in [0, 0.1) is 17.5 Å². The first kappa shape index (κ1) is 12.1. The Morgan fingerprint density at radius 2 is 1.82 bits per heavy atom. The van der Waals surface area contributed by atoms with Gasteiger partial charge in [0.25, 0.3) is 0 Å². The monoisotopic (exact) mass is 243 g/mol. The van der Waals surface area contributed by atoms with Crippen LogP contribution in [-0.4, -0.2) is 12.6 Å². The number of benzene rings is 1. The van der Waals surface area contributed by atoms with E-state index in [1.54, 1.807) is 0 Å². The Labute approximate surface area is 96.9 Å². The molecular weight excluding hydrogens is 231 g/mol. The van der Waals surface area contributed by atoms with Crippen molar-refractivity contribution in [1.29, 1.82) is 0 Å². The highest BCUT2D eigenvalue weighted by molar-refractivity contribution is 5.27. The zero-order valence-electron chi connectivity index (χ0n) is 9.05. The Kier molecular flexibility index (Phi) is 3.22. The normalized spacial score (nSPS) is 25.1. The molecule has 2 N–H and O–H groups in total. The highest BCUT2D eigenvalue weighted by Gasteiger charge is 2.30. The lowest BCUT2D eigenvalue weighted by atomic mass is 9.93. The molecule has 17 heavy (non-hydrogen) atoms. The first-order valence-corrected chi connectivity index (χ1v) is 5.20. The summed E-state index contributed by atoms with van der Waals surface area (Å²) in [5.41, 5.74) is 6.45. The van der Waals surface area contributed by atoms with E-state index >= 15 is 0 Å². The summed E-state index contributed by atoms with van der Waals surface area (Å²) in [6.07, 6.45) is -0.227. The highest BCUT2D eigenvalue weighted by Crippen LogP contribution is 2.32. The Morgan fingerprint density at radius 3 is 2.53 bits per heavy atom. The molecule has 2 unspecified atom stereocenters. The third-order valence-corrected chi connectivity index (χ3v) is 2.86. The van der Waals surface area contributed by atoms with Crippen molar-refractivity contribution >= 4 is 0 Å². The minimum Gasteiger partial charge on any atom is -0.371 e. The van der Waals surface area contributed by atoms with Gasteiger partial charge < -0.3 is 10.5 Å². The van der Waals surface area contributed by atoms with Crippen molar-refractivity contribution in [3.05, 3.63) is 47.3 Å². The highest BCUT2D eigenvalue weighted by atomic mass is 19.2. The van der Waals surface area contributed by atoms with E-state index in [0.29, 0.717) is 24.7 Å². The number of hydrogen-bond acceptors (Lipinski definition) is 2. The standard InChI is InChI=1S/C12H12F3NO/c1-6-2-3-17-12(11(6)16)7-4-9(14)10(15)5-8(7)13/h4-5,11-12H,1-3,16H2. The molecule has 1 saturated heterocycles. The predicted molar refractivity (Wildman–Crippen MR) is 56.7 cm³/mol. The van der Waals surface area contributed by atoms with Gasteiger partial charge in [0.15, 0.2) is 11.6 Å². The van der Waals surface area contributed by atoms with Crippen LogP contribution in [0.15, 0.2) is 24.3 Å². The number of rotatable bonds is 1. The van der Waals surface area contributed by atoms with E-state index in [-0.39, 0.29) is 5.56 Å². The zero-order valence-corrected chi connectivity index (χ0v) is 9.05. The maximum atomic E-state index is 13.5. The molecule has 2 nitrogen and oxygen atoms in total. The fraction of sp³-hybridized carbons (Fsp3) is 0.333. The Bertz CT molecular complexity index is 461. The zero-order chi connectivity index (χ0) is 12.6. The lowest BCUT2D eigenvalue weighted by molar-refractivity contribution is 0.0199. The Hall–Kier alpha value is -1.33. The molecule has 0 aliphatic carbocycles. The summed E-state index contributed by atoms with van der Waals surface area (Å²) < 4.78 is 44.7. The Balaban J connectivity index is 2.39. The number of ether oxygens (including phenoxy) is 1. The first-order chi connectivity index (χ1) is 8.00. The van der Waals surface area contributed by atoms with Crippen LogP contribution in [0.3, 0.4) is 0 Å². The molecule has 92 valence electrons. The molecule has 0 radical (unpaired) electrons. The van der Waals surface area contributed by atoms with Gasteiger partial charge in [0.05, 0.1) is 12.6 Å². The maximum Gasteiger partial charge on any atom is 0.161 e. The molecule has 2 rings (SSSR count). The quantitative estimate of drug-likeness (QED) is 0.607. The van der Waals surface area contributed by atoms with Gasteiger partial charge in [-0.1, -0.05) is 12.2 Å². The van der Waals surface area contributed by atoms with Gasteiger partial charge in [-0.15, -0.1) is 0 Å². The van der Waals surface area contributed by atoms with Crippen molar-refractivity contribution < 1.29 is 17.9 Å². The lowest BCUT2D eigenvalue weighted by Crippen LogP contribution is -2.36. The summed E-state index contributed by atoms with van der Waals surface area (Å²) in [6.45, 7) is 4.09. The maximum absolute atomic E-state index is 13.5. The third-order valence-electron chi connectivity index (χ3n) is 2.86. The van der Waals surface area contributed by atoms with Crippen molar-refractivity contribution in [3.63, 3.8) is 0 Å². The van der Waals surface area contributed by atoms with Crippen LogP contribution in [0.5, 0.6) is 0 Å². The fourth-order valence-corrected chi connectivity index (χ4v) is 1.84. The lowest BCUT2D eigenvalue weighted by Gasteiger charge is -2.31. The molecule has 1 aromatic carbocycles. The first-order valence-electron chi connectivity index (χ1n) is 5.20. The number of halogens is 3. The van der Waals surface area contributed by atoms with Gasteiger partial charge in [0, 0.05) is 11.6 Å². The molecule has 2 atom stereocenters. The molecule has 1 aromatic rings. The second kappa shape index (κ2) is 4.50. The van der Waals surface area contributed by atoms with Crippen LogP contribution in [0.1, 0.15) is 18.1 Å². The summed E-state index contributed by atoms with van der Waals surface area (Å²) in [6, 6.07) is 0.675. The van der Waals surface area contributed by atoms with E-state index in [9.17, 15) is 13.2 Å². The van der Waals surface area contributed by atoms with Gasteiger partial charge >= 0.3 is 0 Å². The second-order valence-electron chi connectivity index (χ2n) is 4.01. The molecular formula is C12H12F3NO. The Morgan fingerprint density at radius 1 is 1.18 bits per heavy atom. The largest absolute Gasteiger partial charge is 0.371 e. The molecule has 0 aromatic heterocycles. The van der Waals surface area contributed by atoms with Crippen LogP contribution in [0.25, 0.3) is 0 Å². The van der Waals surface area contributed by atoms with E-state index in [1.165, 1.54) is 0 Å². The molecule has 1 aliphatic heterocycles. The summed E-state index contributed by atoms with van der Waals surface area (Å²) in [5, 5.41) is 0. The van der Waals surface area contributed by atoms with Crippen molar-refractivity contribution in [3.8, 4) is 0 Å². The molecule has 1 aliphatic rings. The van der Waals surface area contributed by atoms with Crippen molar-refractivity contribution in [2.75, 3.05) is 6.61 Å². The van der Waals surface area contributed by atoms with Crippen LogP contribution in [0.2, 0.25) is 0 Å². The van der Waals surface area contributed by atoms with Crippen LogP contribution < -0.4 is 5.73 Å². The SMILES string of the molecule is C=C1CCOC(c2cc(F)c(F)cc2F)C1N. The molecule has 5 heteroatoms. The molecule has 0 spiro atoms. The predicted octanol–water partition coefficient (Wildman–Crippen LogP) is 2.45. The minimum atomic E-state index is -1.23. The van der Waals surface area contributed by atoms with Crippen molar-refractivity contribution in [1.82, 2.24) is 0 Å². The smallest absolute Gasteiger partial charge is 0.161 e. The van der Waals surface area contributed by atoms with Gasteiger partial charge in [0.2, 0.25) is 0 Å². The number of nitrogens with two attached hydrogens (primary N) is 1. The van der Waals surface area contributed by atoms with Crippen molar-refractivity contribution in [2.45, 2.75) is 18.6 Å². The van der Waals surface area contributed by atoms with Crippen molar-refractivity contribution in [2.24, 2.45) is 5.73 Å². The fourth-order valence-electron chi connectivity index (χ4n) is 1.84. The van der Waals surface area contributed by atoms with Gasteiger partial charge in [-0.05, 0) is 12.5 Å². The molecule has 0 amide bonds. The molecule has 0 bridgehead atoms.